The van der Waals surface area contributed by atoms with Gasteiger partial charge in [-0.2, -0.15) is 0 Å². The maximum atomic E-state index is 9.60. The number of aliphatic hydroxyl groups excluding tert-OH is 1. The summed E-state index contributed by atoms with van der Waals surface area (Å²) in [5.41, 5.74) is 0. The fraction of sp³-hybridized carbons (Fsp3) is 1.00. The molecule has 1 saturated carbocycles. The van der Waals surface area contributed by atoms with Crippen molar-refractivity contribution in [1.29, 1.82) is 0 Å². The molecule has 0 unspecified atom stereocenters. The van der Waals surface area contributed by atoms with Crippen molar-refractivity contribution in [3.8, 4) is 0 Å². The van der Waals surface area contributed by atoms with Crippen molar-refractivity contribution in [3.05, 3.63) is 0 Å². The van der Waals surface area contributed by atoms with E-state index < -0.39 is 0 Å². The molecule has 0 radical (unpaired) electrons. The first kappa shape index (κ1) is 9.47. The lowest BCUT2D eigenvalue weighted by molar-refractivity contribution is 0.0104. The number of rotatable bonds is 3. The fourth-order valence-corrected chi connectivity index (χ4v) is 2.80. The van der Waals surface area contributed by atoms with Crippen LogP contribution in [0.2, 0.25) is 0 Å². The number of aliphatic hydroxyl groups is 1. The zero-order valence-electron chi connectivity index (χ0n) is 8.58. The quantitative estimate of drug-likeness (QED) is 0.719. The zero-order valence-corrected chi connectivity index (χ0v) is 8.58. The van der Waals surface area contributed by atoms with Crippen LogP contribution in [-0.4, -0.2) is 35.2 Å². The average Bonchev–Trinajstić information content (AvgIpc) is 2.19. The third kappa shape index (κ3) is 2.05. The molecule has 76 valence electrons. The summed E-state index contributed by atoms with van der Waals surface area (Å²) in [4.78, 5) is 2.52. The molecule has 0 aromatic rings. The van der Waals surface area contributed by atoms with Gasteiger partial charge in [-0.15, -0.1) is 0 Å². The number of fused-ring (bicyclic) bond motifs is 3. The van der Waals surface area contributed by atoms with E-state index in [0.29, 0.717) is 0 Å². The first-order valence-electron chi connectivity index (χ1n) is 5.71. The molecule has 2 heteroatoms. The van der Waals surface area contributed by atoms with Gasteiger partial charge in [-0.1, -0.05) is 6.92 Å². The largest absolute Gasteiger partial charge is 0.392 e. The van der Waals surface area contributed by atoms with Crippen LogP contribution >= 0.6 is 0 Å². The Balaban J connectivity index is 1.86. The Morgan fingerprint density at radius 3 is 2.46 bits per heavy atom. The predicted octanol–water partition coefficient (Wildman–Crippen LogP) is 1.63. The molecule has 2 nitrogen and oxygen atoms in total. The van der Waals surface area contributed by atoms with E-state index in [9.17, 15) is 5.11 Å². The molecular formula is C11H21NO. The highest BCUT2D eigenvalue weighted by Crippen LogP contribution is 2.34. The predicted molar refractivity (Wildman–Crippen MR) is 53.6 cm³/mol. The lowest BCUT2D eigenvalue weighted by Gasteiger charge is -2.46. The second-order valence-corrected chi connectivity index (χ2v) is 4.69. The van der Waals surface area contributed by atoms with Crippen LogP contribution < -0.4 is 0 Å². The van der Waals surface area contributed by atoms with E-state index in [4.69, 9.17) is 0 Å². The van der Waals surface area contributed by atoms with Crippen LogP contribution in [0.15, 0.2) is 0 Å². The van der Waals surface area contributed by atoms with Gasteiger partial charge in [0, 0.05) is 19.1 Å². The van der Waals surface area contributed by atoms with Gasteiger partial charge < -0.3 is 5.11 Å². The van der Waals surface area contributed by atoms with E-state index in [0.717, 1.165) is 24.9 Å². The Kier molecular flexibility index (Phi) is 2.89. The summed E-state index contributed by atoms with van der Waals surface area (Å²) in [6.07, 6.45) is 6.42. The van der Waals surface area contributed by atoms with Crippen molar-refractivity contribution >= 4 is 0 Å². The molecule has 0 amide bonds. The van der Waals surface area contributed by atoms with Crippen molar-refractivity contribution < 1.29 is 5.11 Å². The van der Waals surface area contributed by atoms with Gasteiger partial charge in [0.25, 0.3) is 0 Å². The maximum Gasteiger partial charge on any atom is 0.0664 e. The highest BCUT2D eigenvalue weighted by Gasteiger charge is 2.33. The summed E-state index contributed by atoms with van der Waals surface area (Å²) < 4.78 is 0. The van der Waals surface area contributed by atoms with Gasteiger partial charge in [-0.05, 0) is 38.0 Å². The van der Waals surface area contributed by atoms with Crippen molar-refractivity contribution in [1.82, 2.24) is 4.90 Å². The van der Waals surface area contributed by atoms with E-state index >= 15 is 0 Å². The third-order valence-electron chi connectivity index (χ3n) is 3.74. The van der Waals surface area contributed by atoms with Crippen molar-refractivity contribution in [2.75, 3.05) is 13.1 Å². The molecule has 0 aromatic heterocycles. The Hall–Kier alpha value is -0.0800. The minimum atomic E-state index is -0.0978. The molecule has 0 spiro atoms. The second kappa shape index (κ2) is 3.97. The highest BCUT2D eigenvalue weighted by atomic mass is 16.3. The number of piperidine rings is 2. The number of hydrogen-bond acceptors (Lipinski definition) is 2. The third-order valence-corrected chi connectivity index (χ3v) is 3.74. The van der Waals surface area contributed by atoms with Crippen LogP contribution in [0.3, 0.4) is 0 Å². The van der Waals surface area contributed by atoms with Gasteiger partial charge in [-0.3, -0.25) is 4.90 Å². The van der Waals surface area contributed by atoms with Gasteiger partial charge in [-0.25, -0.2) is 0 Å². The van der Waals surface area contributed by atoms with Crippen LogP contribution in [-0.2, 0) is 0 Å². The van der Waals surface area contributed by atoms with Crippen LogP contribution in [0.25, 0.3) is 0 Å². The molecule has 1 atom stereocenters. The minimum absolute atomic E-state index is 0.0978. The van der Waals surface area contributed by atoms with E-state index in [2.05, 4.69) is 11.8 Å². The normalized spacial score (nSPS) is 36.5. The summed E-state index contributed by atoms with van der Waals surface area (Å²) in [6, 6.07) is 0.797. The first-order valence-corrected chi connectivity index (χ1v) is 5.71. The number of hydrogen-bond donors (Lipinski definition) is 1. The maximum absolute atomic E-state index is 9.60. The molecule has 2 aliphatic heterocycles. The van der Waals surface area contributed by atoms with Gasteiger partial charge in [0.2, 0.25) is 0 Å². The molecule has 13 heavy (non-hydrogen) atoms. The van der Waals surface area contributed by atoms with Crippen molar-refractivity contribution in [3.63, 3.8) is 0 Å². The second-order valence-electron chi connectivity index (χ2n) is 4.69. The summed E-state index contributed by atoms with van der Waals surface area (Å²) in [7, 11) is 0. The SMILES string of the molecule is CC[C@H](O)CN1CC2CCC1CC2. The molecule has 0 aromatic carbocycles. The monoisotopic (exact) mass is 183 g/mol. The Bertz CT molecular complexity index is 163. The topological polar surface area (TPSA) is 23.5 Å². The van der Waals surface area contributed by atoms with E-state index in [1.165, 1.54) is 32.2 Å². The standard InChI is InChI=1S/C11H21NO/c1-2-11(13)8-12-7-9-3-5-10(12)6-4-9/h9-11,13H,2-8H2,1H3/t9?,10?,11-/m0/s1. The first-order chi connectivity index (χ1) is 6.29. The fourth-order valence-electron chi connectivity index (χ4n) is 2.80. The average molecular weight is 183 g/mol. The lowest BCUT2D eigenvalue weighted by Crippen LogP contribution is -2.50. The van der Waals surface area contributed by atoms with Gasteiger partial charge in [0.15, 0.2) is 0 Å². The minimum Gasteiger partial charge on any atom is -0.392 e. The Labute approximate surface area is 80.9 Å². The van der Waals surface area contributed by atoms with Crippen LogP contribution in [0, 0.1) is 5.92 Å². The van der Waals surface area contributed by atoms with Crippen LogP contribution in [0.4, 0.5) is 0 Å². The molecule has 3 aliphatic rings. The van der Waals surface area contributed by atoms with Crippen LogP contribution in [0.5, 0.6) is 0 Å². The highest BCUT2D eigenvalue weighted by molar-refractivity contribution is 4.88. The van der Waals surface area contributed by atoms with E-state index in [-0.39, 0.29) is 6.10 Å². The molecule has 1 aliphatic carbocycles. The summed E-state index contributed by atoms with van der Waals surface area (Å²) in [6.45, 7) is 4.23. The molecular weight excluding hydrogens is 162 g/mol. The summed E-state index contributed by atoms with van der Waals surface area (Å²) >= 11 is 0. The summed E-state index contributed by atoms with van der Waals surface area (Å²) in [5.74, 6) is 0.939. The van der Waals surface area contributed by atoms with Crippen molar-refractivity contribution in [2.24, 2.45) is 5.92 Å². The number of nitrogens with zero attached hydrogens (tertiary/aromatic N) is 1. The molecule has 1 N–H and O–H groups in total. The molecule has 3 fully saturated rings. The lowest BCUT2D eigenvalue weighted by atomic mass is 9.80. The molecule has 2 saturated heterocycles. The van der Waals surface area contributed by atoms with Gasteiger partial charge >= 0.3 is 0 Å². The van der Waals surface area contributed by atoms with Crippen molar-refractivity contribution in [2.45, 2.75) is 51.2 Å². The van der Waals surface area contributed by atoms with E-state index in [1.54, 1.807) is 0 Å². The van der Waals surface area contributed by atoms with Crippen LogP contribution in [0.1, 0.15) is 39.0 Å². The van der Waals surface area contributed by atoms with E-state index in [1.807, 2.05) is 0 Å². The molecule has 2 bridgehead atoms. The molecule has 3 rings (SSSR count). The van der Waals surface area contributed by atoms with Gasteiger partial charge in [0.1, 0.15) is 0 Å². The zero-order chi connectivity index (χ0) is 9.26. The Morgan fingerprint density at radius 2 is 2.00 bits per heavy atom. The van der Waals surface area contributed by atoms with Gasteiger partial charge in [0.05, 0.1) is 6.10 Å². The summed E-state index contributed by atoms with van der Waals surface area (Å²) in [5, 5.41) is 9.60. The smallest absolute Gasteiger partial charge is 0.0664 e. The Morgan fingerprint density at radius 1 is 1.31 bits per heavy atom. The molecule has 2 heterocycles.